The molecule has 0 N–H and O–H groups in total. The van der Waals surface area contributed by atoms with Gasteiger partial charge in [-0.1, -0.05) is 0 Å². The van der Waals surface area contributed by atoms with E-state index in [0.717, 1.165) is 25.8 Å². The van der Waals surface area contributed by atoms with E-state index in [-0.39, 0.29) is 0 Å². The van der Waals surface area contributed by atoms with Gasteiger partial charge in [0.05, 0.1) is 0 Å². The normalized spacial score (nSPS) is 35.7. The number of hydrogen-bond acceptors (Lipinski definition) is 3. The van der Waals surface area contributed by atoms with Crippen LogP contribution in [0.4, 0.5) is 0 Å². The molecule has 86 valence electrons. The van der Waals surface area contributed by atoms with Crippen LogP contribution in [-0.4, -0.2) is 54.3 Å². The lowest BCUT2D eigenvalue weighted by Crippen LogP contribution is -2.43. The van der Waals surface area contributed by atoms with Crippen molar-refractivity contribution < 1.29 is 4.79 Å². The maximum atomic E-state index is 11.3. The Labute approximate surface area is 92.4 Å². The van der Waals surface area contributed by atoms with Gasteiger partial charge in [0.1, 0.15) is 5.78 Å². The lowest BCUT2D eigenvalue weighted by Gasteiger charge is -2.32. The minimum atomic E-state index is 0.463. The molecule has 0 aromatic carbocycles. The third-order valence-electron chi connectivity index (χ3n) is 3.79. The first-order valence-corrected chi connectivity index (χ1v) is 6.13. The fourth-order valence-electron chi connectivity index (χ4n) is 3.01. The van der Waals surface area contributed by atoms with Crippen molar-refractivity contribution in [2.45, 2.75) is 44.7 Å². The van der Waals surface area contributed by atoms with Crippen molar-refractivity contribution in [1.29, 1.82) is 0 Å². The van der Waals surface area contributed by atoms with Gasteiger partial charge >= 0.3 is 0 Å². The molecular formula is C12H22N2O. The Hall–Kier alpha value is -0.410. The lowest BCUT2D eigenvalue weighted by molar-refractivity contribution is -0.117. The van der Waals surface area contributed by atoms with Gasteiger partial charge in [-0.2, -0.15) is 0 Å². The van der Waals surface area contributed by atoms with Gasteiger partial charge in [-0.15, -0.1) is 0 Å². The molecule has 1 saturated carbocycles. The zero-order valence-electron chi connectivity index (χ0n) is 9.91. The van der Waals surface area contributed by atoms with Gasteiger partial charge in [-0.05, 0) is 39.9 Å². The Morgan fingerprint density at radius 1 is 1.33 bits per heavy atom. The summed E-state index contributed by atoms with van der Waals surface area (Å²) in [6.07, 6.45) is 3.94. The molecule has 0 aromatic rings. The number of hydrogen-bond donors (Lipinski definition) is 0. The third kappa shape index (κ3) is 2.58. The van der Waals surface area contributed by atoms with E-state index in [0.29, 0.717) is 17.9 Å². The van der Waals surface area contributed by atoms with Crippen molar-refractivity contribution in [1.82, 2.24) is 9.80 Å². The average molecular weight is 210 g/mol. The van der Waals surface area contributed by atoms with Crippen LogP contribution in [0.1, 0.15) is 32.6 Å². The predicted octanol–water partition coefficient (Wildman–Crippen LogP) is 1.13. The monoisotopic (exact) mass is 210 g/mol. The summed E-state index contributed by atoms with van der Waals surface area (Å²) in [5, 5.41) is 0. The van der Waals surface area contributed by atoms with Gasteiger partial charge in [0.25, 0.3) is 0 Å². The van der Waals surface area contributed by atoms with Crippen LogP contribution in [-0.2, 0) is 4.79 Å². The quantitative estimate of drug-likeness (QED) is 0.648. The van der Waals surface area contributed by atoms with E-state index in [9.17, 15) is 4.79 Å². The molecule has 1 aliphatic heterocycles. The van der Waals surface area contributed by atoms with Crippen LogP contribution in [0.25, 0.3) is 0 Å². The van der Waals surface area contributed by atoms with Crippen LogP contribution in [0.15, 0.2) is 0 Å². The van der Waals surface area contributed by atoms with E-state index in [1.807, 2.05) is 0 Å². The van der Waals surface area contributed by atoms with Crippen molar-refractivity contribution in [3.8, 4) is 0 Å². The number of carbonyl (C=O) groups is 1. The first-order valence-electron chi connectivity index (χ1n) is 6.13. The third-order valence-corrected chi connectivity index (χ3v) is 3.79. The first-order chi connectivity index (χ1) is 7.16. The molecule has 0 radical (unpaired) electrons. The summed E-state index contributed by atoms with van der Waals surface area (Å²) in [7, 11) is 2.19. The largest absolute Gasteiger partial charge is 0.305 e. The second-order valence-corrected chi connectivity index (χ2v) is 5.14. The van der Waals surface area contributed by atoms with Gasteiger partial charge in [0.15, 0.2) is 0 Å². The highest BCUT2D eigenvalue weighted by Crippen LogP contribution is 2.24. The predicted molar refractivity (Wildman–Crippen MR) is 60.9 cm³/mol. The molecule has 0 aromatic heterocycles. The van der Waals surface area contributed by atoms with Gasteiger partial charge < -0.3 is 4.90 Å². The Kier molecular flexibility index (Phi) is 3.42. The average Bonchev–Trinajstić information content (AvgIpc) is 2.51. The molecular weight excluding hydrogens is 188 g/mol. The van der Waals surface area contributed by atoms with Gasteiger partial charge in [-0.25, -0.2) is 0 Å². The highest BCUT2D eigenvalue weighted by molar-refractivity contribution is 5.81. The number of carbonyl (C=O) groups excluding carboxylic acids is 1. The van der Waals surface area contributed by atoms with Crippen LogP contribution < -0.4 is 0 Å². The maximum Gasteiger partial charge on any atom is 0.134 e. The molecule has 2 atom stereocenters. The van der Waals surface area contributed by atoms with Crippen LogP contribution in [0.3, 0.4) is 0 Å². The molecule has 1 aliphatic carbocycles. The van der Waals surface area contributed by atoms with Crippen molar-refractivity contribution >= 4 is 5.78 Å². The molecule has 1 heterocycles. The minimum Gasteiger partial charge on any atom is -0.305 e. The summed E-state index contributed by atoms with van der Waals surface area (Å²) >= 11 is 0. The van der Waals surface area contributed by atoms with Gasteiger partial charge in [0, 0.05) is 31.5 Å². The molecule has 2 unspecified atom stereocenters. The number of Topliss-reactive ketones (excluding diaryl/α,β-unsaturated/α-hetero) is 1. The summed E-state index contributed by atoms with van der Waals surface area (Å²) in [6, 6.07) is 1.15. The summed E-state index contributed by atoms with van der Waals surface area (Å²) in [6.45, 7) is 5.81. The molecule has 3 nitrogen and oxygen atoms in total. The Balaban J connectivity index is 1.97. The fraction of sp³-hybridized carbons (Fsp3) is 0.917. The molecule has 3 heteroatoms. The van der Waals surface area contributed by atoms with Crippen LogP contribution >= 0.6 is 0 Å². The molecule has 1 saturated heterocycles. The van der Waals surface area contributed by atoms with Crippen LogP contribution in [0, 0.1) is 0 Å². The first kappa shape index (κ1) is 11.1. The molecule has 0 amide bonds. The topological polar surface area (TPSA) is 23.6 Å². The summed E-state index contributed by atoms with van der Waals surface area (Å²) in [5.74, 6) is 0.463. The summed E-state index contributed by atoms with van der Waals surface area (Å²) in [4.78, 5) is 16.3. The summed E-state index contributed by atoms with van der Waals surface area (Å²) in [5.41, 5.74) is 0. The van der Waals surface area contributed by atoms with Crippen molar-refractivity contribution in [3.05, 3.63) is 0 Å². The Morgan fingerprint density at radius 2 is 2.13 bits per heavy atom. The van der Waals surface area contributed by atoms with Crippen LogP contribution in [0.2, 0.25) is 0 Å². The van der Waals surface area contributed by atoms with Crippen molar-refractivity contribution in [3.63, 3.8) is 0 Å². The number of likely N-dealkylation sites (N-methyl/N-ethyl adjacent to an activating group) is 1. The van der Waals surface area contributed by atoms with Gasteiger partial charge in [-0.3, -0.25) is 9.69 Å². The van der Waals surface area contributed by atoms with E-state index in [2.05, 4.69) is 23.8 Å². The summed E-state index contributed by atoms with van der Waals surface area (Å²) < 4.78 is 0. The zero-order valence-corrected chi connectivity index (χ0v) is 9.91. The van der Waals surface area contributed by atoms with Crippen molar-refractivity contribution in [2.75, 3.05) is 26.7 Å². The Bertz CT molecular complexity index is 242. The van der Waals surface area contributed by atoms with E-state index in [4.69, 9.17) is 0 Å². The lowest BCUT2D eigenvalue weighted by atomic mass is 10.1. The van der Waals surface area contributed by atoms with E-state index in [1.54, 1.807) is 0 Å². The van der Waals surface area contributed by atoms with Crippen molar-refractivity contribution in [2.24, 2.45) is 0 Å². The molecule has 15 heavy (non-hydrogen) atoms. The van der Waals surface area contributed by atoms with Gasteiger partial charge in [0.2, 0.25) is 0 Å². The molecule has 0 bridgehead atoms. The molecule has 2 fully saturated rings. The molecule has 0 spiro atoms. The smallest absolute Gasteiger partial charge is 0.134 e. The second kappa shape index (κ2) is 4.62. The minimum absolute atomic E-state index is 0.463. The van der Waals surface area contributed by atoms with E-state index < -0.39 is 0 Å². The number of ketones is 1. The molecule has 2 rings (SSSR count). The zero-order chi connectivity index (χ0) is 10.8. The number of nitrogens with zero attached hydrogens (tertiary/aromatic N) is 2. The molecule has 2 aliphatic rings. The SMILES string of the molecule is CC1CN(C)CCCN1C1CCC(=O)C1. The second-order valence-electron chi connectivity index (χ2n) is 5.14. The van der Waals surface area contributed by atoms with Crippen LogP contribution in [0.5, 0.6) is 0 Å². The Morgan fingerprint density at radius 3 is 2.80 bits per heavy atom. The fourth-order valence-corrected chi connectivity index (χ4v) is 3.01. The standard InChI is InChI=1S/C12H22N2O/c1-10-9-13(2)6-3-7-14(10)11-4-5-12(15)8-11/h10-11H,3-9H2,1-2H3. The van der Waals surface area contributed by atoms with E-state index >= 15 is 0 Å². The van der Waals surface area contributed by atoms with E-state index in [1.165, 1.54) is 19.5 Å². The maximum absolute atomic E-state index is 11.3. The highest BCUT2D eigenvalue weighted by atomic mass is 16.1. The number of rotatable bonds is 1. The highest BCUT2D eigenvalue weighted by Gasteiger charge is 2.31.